The Bertz CT molecular complexity index is 127. The smallest absolute Gasteiger partial charge is 0.169 e. The van der Waals surface area contributed by atoms with Crippen LogP contribution in [0.2, 0.25) is 0 Å². The lowest BCUT2D eigenvalue weighted by molar-refractivity contribution is -0.175. The van der Waals surface area contributed by atoms with E-state index < -0.39 is 0 Å². The van der Waals surface area contributed by atoms with Crippen LogP contribution in [0.25, 0.3) is 0 Å². The van der Waals surface area contributed by atoms with Crippen LogP contribution < -0.4 is 10.6 Å². The van der Waals surface area contributed by atoms with Crippen molar-refractivity contribution in [2.75, 3.05) is 39.4 Å². The molecule has 1 aliphatic rings. The molecule has 0 aromatic rings. The van der Waals surface area contributed by atoms with Gasteiger partial charge < -0.3 is 20.1 Å². The maximum absolute atomic E-state index is 5.40. The van der Waals surface area contributed by atoms with Crippen molar-refractivity contribution in [1.82, 2.24) is 10.6 Å². The van der Waals surface area contributed by atoms with Crippen LogP contribution in [-0.4, -0.2) is 45.7 Å². The molecule has 0 aromatic carbocycles. The molecule has 0 spiro atoms. The van der Waals surface area contributed by atoms with Gasteiger partial charge in [0.2, 0.25) is 0 Å². The van der Waals surface area contributed by atoms with Gasteiger partial charge in [0.15, 0.2) is 6.29 Å². The van der Waals surface area contributed by atoms with Crippen molar-refractivity contribution < 1.29 is 9.47 Å². The van der Waals surface area contributed by atoms with Crippen LogP contribution >= 0.6 is 0 Å². The van der Waals surface area contributed by atoms with Gasteiger partial charge in [-0.25, -0.2) is 0 Å². The minimum Gasteiger partial charge on any atom is -0.351 e. The first-order valence-electron chi connectivity index (χ1n) is 5.58. The zero-order valence-electron chi connectivity index (χ0n) is 9.05. The van der Waals surface area contributed by atoms with E-state index in [4.69, 9.17) is 9.47 Å². The maximum Gasteiger partial charge on any atom is 0.169 e. The van der Waals surface area contributed by atoms with Crippen molar-refractivity contribution in [2.45, 2.75) is 26.1 Å². The first-order chi connectivity index (χ1) is 6.93. The highest BCUT2D eigenvalue weighted by molar-refractivity contribution is 4.57. The van der Waals surface area contributed by atoms with Crippen LogP contribution in [0.15, 0.2) is 0 Å². The Morgan fingerprint density at radius 2 is 1.79 bits per heavy atom. The highest BCUT2D eigenvalue weighted by Crippen LogP contribution is 2.02. The Hall–Kier alpha value is -0.160. The first-order valence-corrected chi connectivity index (χ1v) is 5.58. The second-order valence-electron chi connectivity index (χ2n) is 3.48. The van der Waals surface area contributed by atoms with Gasteiger partial charge in [-0.15, -0.1) is 0 Å². The quantitative estimate of drug-likeness (QED) is 0.584. The Labute approximate surface area is 86.3 Å². The van der Waals surface area contributed by atoms with Crippen LogP contribution in [0.1, 0.15) is 19.8 Å². The zero-order valence-corrected chi connectivity index (χ0v) is 9.05. The van der Waals surface area contributed by atoms with Crippen molar-refractivity contribution in [3.05, 3.63) is 0 Å². The Kier molecular flexibility index (Phi) is 6.95. The summed E-state index contributed by atoms with van der Waals surface area (Å²) < 4.78 is 10.8. The Morgan fingerprint density at radius 3 is 2.50 bits per heavy atom. The fraction of sp³-hybridized carbons (Fsp3) is 1.00. The number of rotatable bonds is 7. The predicted molar refractivity (Wildman–Crippen MR) is 56.3 cm³/mol. The lowest BCUT2D eigenvalue weighted by atomic mass is 10.4. The second kappa shape index (κ2) is 8.17. The molecule has 0 aliphatic carbocycles. The average Bonchev–Trinajstić information content (AvgIpc) is 2.25. The highest BCUT2D eigenvalue weighted by Gasteiger charge is 2.12. The molecule has 0 aromatic heterocycles. The molecule has 1 aliphatic heterocycles. The van der Waals surface area contributed by atoms with Gasteiger partial charge in [0, 0.05) is 19.6 Å². The molecule has 0 bridgehead atoms. The standard InChI is InChI=1S/C10H22N2O2/c1-2-4-11-5-6-12-9-10-13-7-3-8-14-10/h10-12H,2-9H2,1H3. The molecule has 2 N–H and O–H groups in total. The Balaban J connectivity index is 1.82. The van der Waals surface area contributed by atoms with E-state index in [-0.39, 0.29) is 6.29 Å². The fourth-order valence-corrected chi connectivity index (χ4v) is 1.35. The summed E-state index contributed by atoms with van der Waals surface area (Å²) in [6.07, 6.45) is 2.18. The molecule has 0 atom stereocenters. The van der Waals surface area contributed by atoms with E-state index in [1.165, 1.54) is 6.42 Å². The highest BCUT2D eigenvalue weighted by atomic mass is 16.7. The van der Waals surface area contributed by atoms with E-state index in [0.717, 1.165) is 45.8 Å². The molecule has 4 heteroatoms. The monoisotopic (exact) mass is 202 g/mol. The number of hydrogen-bond donors (Lipinski definition) is 2. The molecule has 4 nitrogen and oxygen atoms in total. The summed E-state index contributed by atoms with van der Waals surface area (Å²) in [7, 11) is 0. The van der Waals surface area contributed by atoms with E-state index in [1.807, 2.05) is 0 Å². The van der Waals surface area contributed by atoms with Gasteiger partial charge in [0.05, 0.1) is 13.2 Å². The lowest BCUT2D eigenvalue weighted by Gasteiger charge is -2.23. The third-order valence-electron chi connectivity index (χ3n) is 2.11. The molecular weight excluding hydrogens is 180 g/mol. The van der Waals surface area contributed by atoms with E-state index in [0.29, 0.717) is 0 Å². The van der Waals surface area contributed by atoms with Gasteiger partial charge in [-0.2, -0.15) is 0 Å². The van der Waals surface area contributed by atoms with Gasteiger partial charge >= 0.3 is 0 Å². The maximum atomic E-state index is 5.40. The fourth-order valence-electron chi connectivity index (χ4n) is 1.35. The number of nitrogens with one attached hydrogen (secondary N) is 2. The summed E-state index contributed by atoms with van der Waals surface area (Å²) in [6.45, 7) is 7.72. The largest absolute Gasteiger partial charge is 0.351 e. The molecule has 1 fully saturated rings. The van der Waals surface area contributed by atoms with E-state index in [9.17, 15) is 0 Å². The van der Waals surface area contributed by atoms with Crippen molar-refractivity contribution in [2.24, 2.45) is 0 Å². The third kappa shape index (κ3) is 5.54. The van der Waals surface area contributed by atoms with Crippen LogP contribution in [0.5, 0.6) is 0 Å². The zero-order chi connectivity index (χ0) is 10.1. The molecule has 84 valence electrons. The van der Waals surface area contributed by atoms with Gasteiger partial charge in [0.25, 0.3) is 0 Å². The number of hydrogen-bond acceptors (Lipinski definition) is 4. The van der Waals surface area contributed by atoms with Crippen molar-refractivity contribution >= 4 is 0 Å². The SMILES string of the molecule is CCCNCCNCC1OCCCO1. The average molecular weight is 202 g/mol. The molecule has 1 rings (SSSR count). The number of ether oxygens (including phenoxy) is 2. The van der Waals surface area contributed by atoms with Crippen LogP contribution in [0, 0.1) is 0 Å². The van der Waals surface area contributed by atoms with Gasteiger partial charge in [0.1, 0.15) is 0 Å². The Morgan fingerprint density at radius 1 is 1.07 bits per heavy atom. The minimum absolute atomic E-state index is 0.0325. The summed E-state index contributed by atoms with van der Waals surface area (Å²) in [5.74, 6) is 0. The summed E-state index contributed by atoms with van der Waals surface area (Å²) >= 11 is 0. The first kappa shape index (κ1) is 11.9. The predicted octanol–water partition coefficient (Wildman–Crippen LogP) is 0.339. The molecule has 1 heterocycles. The van der Waals surface area contributed by atoms with E-state index >= 15 is 0 Å². The molecule has 1 saturated heterocycles. The third-order valence-corrected chi connectivity index (χ3v) is 2.11. The summed E-state index contributed by atoms with van der Waals surface area (Å²) in [4.78, 5) is 0. The summed E-state index contributed by atoms with van der Waals surface area (Å²) in [5, 5.41) is 6.63. The molecule has 0 amide bonds. The van der Waals surface area contributed by atoms with Gasteiger partial charge in [-0.1, -0.05) is 6.92 Å². The van der Waals surface area contributed by atoms with Crippen LogP contribution in [0.3, 0.4) is 0 Å². The lowest BCUT2D eigenvalue weighted by Crippen LogP contribution is -2.37. The molecule has 0 saturated carbocycles. The van der Waals surface area contributed by atoms with E-state index in [2.05, 4.69) is 17.6 Å². The van der Waals surface area contributed by atoms with Crippen LogP contribution in [0.4, 0.5) is 0 Å². The second-order valence-corrected chi connectivity index (χ2v) is 3.48. The van der Waals surface area contributed by atoms with Gasteiger partial charge in [-0.3, -0.25) is 0 Å². The molecule has 0 unspecified atom stereocenters. The van der Waals surface area contributed by atoms with Gasteiger partial charge in [-0.05, 0) is 19.4 Å². The topological polar surface area (TPSA) is 42.5 Å². The summed E-state index contributed by atoms with van der Waals surface area (Å²) in [6, 6.07) is 0. The minimum atomic E-state index is -0.0325. The van der Waals surface area contributed by atoms with Crippen molar-refractivity contribution in [3.8, 4) is 0 Å². The van der Waals surface area contributed by atoms with Crippen molar-refractivity contribution in [3.63, 3.8) is 0 Å². The summed E-state index contributed by atoms with van der Waals surface area (Å²) in [5.41, 5.74) is 0. The molecular formula is C10H22N2O2. The van der Waals surface area contributed by atoms with Crippen molar-refractivity contribution in [1.29, 1.82) is 0 Å². The van der Waals surface area contributed by atoms with E-state index in [1.54, 1.807) is 0 Å². The molecule has 14 heavy (non-hydrogen) atoms. The normalized spacial score (nSPS) is 18.6. The van der Waals surface area contributed by atoms with Crippen LogP contribution in [-0.2, 0) is 9.47 Å². The molecule has 0 radical (unpaired) electrons.